The maximum Gasteiger partial charge on any atom is 0.355 e. The summed E-state index contributed by atoms with van der Waals surface area (Å²) in [5.74, 6) is -0.580. The fraction of sp³-hybridized carbons (Fsp3) is 0. The Morgan fingerprint density at radius 1 is 1.50 bits per heavy atom. The molecule has 0 bridgehead atoms. The van der Waals surface area contributed by atoms with E-state index in [0.717, 1.165) is 11.1 Å². The van der Waals surface area contributed by atoms with Crippen molar-refractivity contribution in [2.24, 2.45) is 0 Å². The van der Waals surface area contributed by atoms with E-state index in [1.54, 1.807) is 12.2 Å². The molecule has 0 radical (unpaired) electrons. The van der Waals surface area contributed by atoms with Crippen molar-refractivity contribution in [3.05, 3.63) is 24.8 Å². The lowest BCUT2D eigenvalue weighted by Gasteiger charge is -2.14. The number of carbonyl (C=O) groups is 1. The first-order chi connectivity index (χ1) is 5.65. The molecule has 0 unspecified atom stereocenters. The van der Waals surface area contributed by atoms with E-state index in [2.05, 4.69) is 6.58 Å². The van der Waals surface area contributed by atoms with Crippen LogP contribution in [-0.2, 0) is 9.63 Å². The molecule has 1 aliphatic heterocycles. The average Bonchev–Trinajstić information content (AvgIpc) is 2.35. The Bertz CT molecular complexity index is 278. The van der Waals surface area contributed by atoms with Crippen LogP contribution in [0.15, 0.2) is 24.8 Å². The summed E-state index contributed by atoms with van der Waals surface area (Å²) in [4.78, 5) is 16.2. The summed E-state index contributed by atoms with van der Waals surface area (Å²) in [5, 5.41) is 1.11. The van der Waals surface area contributed by atoms with Gasteiger partial charge in [-0.05, 0) is 12.2 Å². The van der Waals surface area contributed by atoms with E-state index in [1.165, 1.54) is 0 Å². The molecule has 0 fully saturated rings. The van der Waals surface area contributed by atoms with Crippen molar-refractivity contribution in [3.8, 4) is 0 Å². The van der Waals surface area contributed by atoms with Gasteiger partial charge in [0, 0.05) is 6.08 Å². The van der Waals surface area contributed by atoms with Gasteiger partial charge >= 0.3 is 5.97 Å². The molecule has 0 spiro atoms. The number of nitrogens with zero attached hydrogens (tertiary/aromatic N) is 1. The Labute approximate surface area is 80.3 Å². The summed E-state index contributed by atoms with van der Waals surface area (Å²) in [6, 6.07) is 0. The van der Waals surface area contributed by atoms with Gasteiger partial charge in [0.15, 0.2) is 0 Å². The van der Waals surface area contributed by atoms with Crippen molar-refractivity contribution in [3.63, 3.8) is 0 Å². The number of hydroxylamine groups is 2. The number of carbonyl (C=O) groups excluding carboxylic acids is 1. The quantitative estimate of drug-likeness (QED) is 0.492. The summed E-state index contributed by atoms with van der Waals surface area (Å²) in [6.45, 7) is 3.24. The molecular weight excluding hydrogens is 194 g/mol. The van der Waals surface area contributed by atoms with E-state index < -0.39 is 5.97 Å². The highest BCUT2D eigenvalue weighted by atomic mass is 32.1. The number of hydrogen-bond acceptors (Lipinski definition) is 4. The van der Waals surface area contributed by atoms with Crippen LogP contribution in [0.5, 0.6) is 0 Å². The highest BCUT2D eigenvalue weighted by Crippen LogP contribution is 2.08. The minimum atomic E-state index is -0.580. The van der Waals surface area contributed by atoms with Gasteiger partial charge in [-0.2, -0.15) is 5.06 Å². The fourth-order valence-electron chi connectivity index (χ4n) is 0.604. The van der Waals surface area contributed by atoms with Crippen molar-refractivity contribution in [1.82, 2.24) is 5.06 Å². The second kappa shape index (κ2) is 3.55. The fourth-order valence-corrected chi connectivity index (χ4v) is 1.07. The molecule has 0 saturated carbocycles. The third-order valence-corrected chi connectivity index (χ3v) is 1.72. The van der Waals surface area contributed by atoms with Gasteiger partial charge in [-0.25, -0.2) is 4.79 Å². The van der Waals surface area contributed by atoms with Gasteiger partial charge < -0.3 is 4.84 Å². The lowest BCUT2D eigenvalue weighted by molar-refractivity contribution is -0.154. The van der Waals surface area contributed by atoms with Crippen LogP contribution in [0, 0.1) is 0 Å². The van der Waals surface area contributed by atoms with Crippen LogP contribution in [-0.4, -0.2) is 21.0 Å². The first kappa shape index (κ1) is 9.02. The van der Waals surface area contributed by atoms with Crippen LogP contribution in [0.2, 0.25) is 0 Å². The van der Waals surface area contributed by atoms with Gasteiger partial charge in [0.2, 0.25) is 0 Å². The molecule has 5 heteroatoms. The molecule has 0 aliphatic carbocycles. The topological polar surface area (TPSA) is 29.5 Å². The number of hydrogen-bond donors (Lipinski definition) is 0. The molecule has 0 aromatic rings. The van der Waals surface area contributed by atoms with E-state index in [0.29, 0.717) is 9.98 Å². The molecule has 0 aromatic heterocycles. The third-order valence-electron chi connectivity index (χ3n) is 1.12. The Balaban J connectivity index is 2.65. The van der Waals surface area contributed by atoms with E-state index in [4.69, 9.17) is 29.3 Å². The van der Waals surface area contributed by atoms with Crippen LogP contribution in [0.1, 0.15) is 0 Å². The Kier molecular flexibility index (Phi) is 2.67. The first-order valence-electron chi connectivity index (χ1n) is 3.05. The monoisotopic (exact) mass is 199 g/mol. The Morgan fingerprint density at radius 3 is 2.42 bits per heavy atom. The van der Waals surface area contributed by atoms with E-state index in [9.17, 15) is 4.79 Å². The summed E-state index contributed by atoms with van der Waals surface area (Å²) < 4.78 is 0. The average molecular weight is 199 g/mol. The predicted molar refractivity (Wildman–Crippen MR) is 52.5 cm³/mol. The Hall–Kier alpha value is -1.07. The molecule has 0 saturated heterocycles. The second-order valence-corrected chi connectivity index (χ2v) is 2.76. The van der Waals surface area contributed by atoms with Crippen molar-refractivity contribution in [2.45, 2.75) is 0 Å². The maximum atomic E-state index is 10.7. The molecule has 1 heterocycles. The van der Waals surface area contributed by atoms with Gasteiger partial charge in [0.1, 0.15) is 9.98 Å². The van der Waals surface area contributed by atoms with E-state index >= 15 is 0 Å². The van der Waals surface area contributed by atoms with Crippen LogP contribution >= 0.6 is 24.4 Å². The smallest absolute Gasteiger partial charge is 0.330 e. The summed E-state index contributed by atoms with van der Waals surface area (Å²) in [6.07, 6.45) is 4.23. The zero-order valence-electron chi connectivity index (χ0n) is 6.02. The highest BCUT2D eigenvalue weighted by molar-refractivity contribution is 7.82. The van der Waals surface area contributed by atoms with Crippen LogP contribution in [0.4, 0.5) is 0 Å². The lowest BCUT2D eigenvalue weighted by Crippen LogP contribution is -2.30. The van der Waals surface area contributed by atoms with Crippen molar-refractivity contribution in [2.75, 3.05) is 0 Å². The minimum absolute atomic E-state index is 0.371. The molecule has 0 atom stereocenters. The molecule has 62 valence electrons. The van der Waals surface area contributed by atoms with Crippen molar-refractivity contribution < 1.29 is 9.63 Å². The molecule has 12 heavy (non-hydrogen) atoms. The zero-order chi connectivity index (χ0) is 9.14. The zero-order valence-corrected chi connectivity index (χ0v) is 7.65. The van der Waals surface area contributed by atoms with Crippen LogP contribution in [0.25, 0.3) is 0 Å². The van der Waals surface area contributed by atoms with Gasteiger partial charge in [-0.15, -0.1) is 0 Å². The van der Waals surface area contributed by atoms with Crippen LogP contribution < -0.4 is 0 Å². The van der Waals surface area contributed by atoms with Gasteiger partial charge in [0.25, 0.3) is 0 Å². The first-order valence-corrected chi connectivity index (χ1v) is 3.87. The van der Waals surface area contributed by atoms with Gasteiger partial charge in [-0.1, -0.05) is 31.0 Å². The minimum Gasteiger partial charge on any atom is -0.330 e. The molecule has 0 aromatic carbocycles. The van der Waals surface area contributed by atoms with Gasteiger partial charge in [-0.3, -0.25) is 0 Å². The summed E-state index contributed by atoms with van der Waals surface area (Å²) in [7, 11) is 0. The molecule has 3 nitrogen and oxygen atoms in total. The second-order valence-electron chi connectivity index (χ2n) is 1.92. The van der Waals surface area contributed by atoms with Crippen molar-refractivity contribution in [1.29, 1.82) is 0 Å². The lowest BCUT2D eigenvalue weighted by atomic mass is 10.6. The van der Waals surface area contributed by atoms with E-state index in [1.807, 2.05) is 0 Å². The molecule has 1 rings (SSSR count). The normalized spacial score (nSPS) is 15.2. The Morgan fingerprint density at radius 2 is 2.00 bits per heavy atom. The number of thiocarbonyl (C=S) groups is 2. The standard InChI is InChI=1S/C7H5NO2S2/c1-2-7(9)10-8-5(11)3-4-6(8)12/h2-4H,1H2. The van der Waals surface area contributed by atoms with E-state index in [-0.39, 0.29) is 0 Å². The predicted octanol–water partition coefficient (Wildman–Crippen LogP) is 1.16. The molecule has 1 aliphatic rings. The van der Waals surface area contributed by atoms with Crippen molar-refractivity contribution >= 4 is 40.4 Å². The third kappa shape index (κ3) is 1.75. The largest absolute Gasteiger partial charge is 0.355 e. The van der Waals surface area contributed by atoms with Crippen LogP contribution in [0.3, 0.4) is 0 Å². The molecular formula is C7H5NO2S2. The highest BCUT2D eigenvalue weighted by Gasteiger charge is 2.20. The molecule has 0 amide bonds. The summed E-state index contributed by atoms with van der Waals surface area (Å²) in [5.41, 5.74) is 0. The van der Waals surface area contributed by atoms with Gasteiger partial charge in [0.05, 0.1) is 0 Å². The summed E-state index contributed by atoms with van der Waals surface area (Å²) >= 11 is 9.65. The number of rotatable bonds is 2. The molecule has 0 N–H and O–H groups in total. The maximum absolute atomic E-state index is 10.7. The SMILES string of the molecule is C=CC(=O)ON1C(=S)C=CC1=S.